The smallest absolute Gasteiger partial charge is 0.320 e. The SMILES string of the molecule is Cc1ccc(C(c2ccccc2)N2CCCCC2C(=O)O)cc1. The molecule has 0 radical (unpaired) electrons. The van der Waals surface area contributed by atoms with Gasteiger partial charge in [-0.1, -0.05) is 66.6 Å². The number of nitrogens with zero attached hydrogens (tertiary/aromatic N) is 1. The molecule has 1 aliphatic rings. The van der Waals surface area contributed by atoms with E-state index < -0.39 is 12.0 Å². The molecule has 0 aromatic heterocycles. The van der Waals surface area contributed by atoms with E-state index in [4.69, 9.17) is 0 Å². The van der Waals surface area contributed by atoms with Crippen LogP contribution >= 0.6 is 0 Å². The van der Waals surface area contributed by atoms with Crippen LogP contribution in [-0.2, 0) is 4.79 Å². The maximum absolute atomic E-state index is 11.7. The molecule has 0 spiro atoms. The summed E-state index contributed by atoms with van der Waals surface area (Å²) < 4.78 is 0. The van der Waals surface area contributed by atoms with Gasteiger partial charge in [-0.3, -0.25) is 9.69 Å². The first-order chi connectivity index (χ1) is 11.2. The summed E-state index contributed by atoms with van der Waals surface area (Å²) in [5, 5.41) is 9.65. The van der Waals surface area contributed by atoms with Gasteiger partial charge in [0.25, 0.3) is 0 Å². The van der Waals surface area contributed by atoms with E-state index in [1.807, 2.05) is 18.2 Å². The molecular weight excluding hydrogens is 286 g/mol. The molecule has 3 rings (SSSR count). The maximum atomic E-state index is 11.7. The Hall–Kier alpha value is -2.13. The third-order valence-corrected chi connectivity index (χ3v) is 4.67. The number of piperidine rings is 1. The van der Waals surface area contributed by atoms with Gasteiger partial charge in [-0.25, -0.2) is 0 Å². The average Bonchev–Trinajstić information content (AvgIpc) is 2.58. The van der Waals surface area contributed by atoms with Crippen LogP contribution in [0, 0.1) is 6.92 Å². The zero-order valence-electron chi connectivity index (χ0n) is 13.5. The van der Waals surface area contributed by atoms with Crippen LogP contribution in [-0.4, -0.2) is 28.6 Å². The van der Waals surface area contributed by atoms with Gasteiger partial charge in [0, 0.05) is 0 Å². The minimum Gasteiger partial charge on any atom is -0.480 e. The summed E-state index contributed by atoms with van der Waals surface area (Å²) in [6.07, 6.45) is 2.77. The number of aliphatic carboxylic acids is 1. The first kappa shape index (κ1) is 15.8. The zero-order valence-corrected chi connectivity index (χ0v) is 13.5. The molecule has 0 saturated carbocycles. The molecule has 1 heterocycles. The molecule has 1 saturated heterocycles. The highest BCUT2D eigenvalue weighted by atomic mass is 16.4. The van der Waals surface area contributed by atoms with Gasteiger partial charge in [0.1, 0.15) is 6.04 Å². The van der Waals surface area contributed by atoms with Crippen molar-refractivity contribution in [3.05, 3.63) is 71.3 Å². The summed E-state index contributed by atoms with van der Waals surface area (Å²) in [6.45, 7) is 2.90. The number of rotatable bonds is 4. The molecule has 0 bridgehead atoms. The summed E-state index contributed by atoms with van der Waals surface area (Å²) in [7, 11) is 0. The van der Waals surface area contributed by atoms with Crippen molar-refractivity contribution in [3.63, 3.8) is 0 Å². The molecule has 2 aromatic carbocycles. The van der Waals surface area contributed by atoms with Crippen molar-refractivity contribution in [3.8, 4) is 0 Å². The Kier molecular flexibility index (Phi) is 4.77. The van der Waals surface area contributed by atoms with Gasteiger partial charge in [0.2, 0.25) is 0 Å². The van der Waals surface area contributed by atoms with Crippen molar-refractivity contribution in [1.82, 2.24) is 4.90 Å². The number of hydrogen-bond acceptors (Lipinski definition) is 2. The van der Waals surface area contributed by atoms with E-state index in [1.165, 1.54) is 5.56 Å². The number of likely N-dealkylation sites (tertiary alicyclic amines) is 1. The molecule has 1 N–H and O–H groups in total. The van der Waals surface area contributed by atoms with E-state index in [9.17, 15) is 9.90 Å². The largest absolute Gasteiger partial charge is 0.480 e. The topological polar surface area (TPSA) is 40.5 Å². The molecule has 3 nitrogen and oxygen atoms in total. The molecule has 0 aliphatic carbocycles. The lowest BCUT2D eigenvalue weighted by Crippen LogP contribution is -2.46. The lowest BCUT2D eigenvalue weighted by atomic mass is 9.91. The number of carboxylic acids is 1. The highest BCUT2D eigenvalue weighted by Crippen LogP contribution is 2.34. The van der Waals surface area contributed by atoms with E-state index in [-0.39, 0.29) is 6.04 Å². The summed E-state index contributed by atoms with van der Waals surface area (Å²) in [5.74, 6) is -0.710. The van der Waals surface area contributed by atoms with Crippen LogP contribution in [0.5, 0.6) is 0 Å². The number of benzene rings is 2. The van der Waals surface area contributed by atoms with Crippen LogP contribution in [0.15, 0.2) is 54.6 Å². The third-order valence-electron chi connectivity index (χ3n) is 4.67. The fourth-order valence-electron chi connectivity index (χ4n) is 3.49. The normalized spacial score (nSPS) is 20.1. The minimum atomic E-state index is -0.710. The second kappa shape index (κ2) is 6.97. The Morgan fingerprint density at radius 3 is 2.35 bits per heavy atom. The predicted molar refractivity (Wildman–Crippen MR) is 91.4 cm³/mol. The van der Waals surface area contributed by atoms with Crippen molar-refractivity contribution in [2.75, 3.05) is 6.54 Å². The van der Waals surface area contributed by atoms with Crippen molar-refractivity contribution >= 4 is 5.97 Å². The van der Waals surface area contributed by atoms with Crippen LogP contribution < -0.4 is 0 Å². The number of carboxylic acid groups (broad SMARTS) is 1. The number of hydrogen-bond donors (Lipinski definition) is 1. The Bertz CT molecular complexity index is 651. The molecule has 2 atom stereocenters. The second-order valence-corrected chi connectivity index (χ2v) is 6.31. The Labute approximate surface area is 137 Å². The summed E-state index contributed by atoms with van der Waals surface area (Å²) >= 11 is 0. The summed E-state index contributed by atoms with van der Waals surface area (Å²) in [4.78, 5) is 13.9. The molecule has 2 unspecified atom stereocenters. The molecular formula is C20H23NO2. The summed E-state index contributed by atoms with van der Waals surface area (Å²) in [6, 6.07) is 18.3. The average molecular weight is 309 g/mol. The first-order valence-electron chi connectivity index (χ1n) is 8.27. The van der Waals surface area contributed by atoms with Crippen LogP contribution in [0.3, 0.4) is 0 Å². The van der Waals surface area contributed by atoms with Crippen molar-refractivity contribution in [2.45, 2.75) is 38.3 Å². The minimum absolute atomic E-state index is 0.00167. The monoisotopic (exact) mass is 309 g/mol. The van der Waals surface area contributed by atoms with Gasteiger partial charge in [0.15, 0.2) is 0 Å². The number of carbonyl (C=O) groups is 1. The number of aryl methyl sites for hydroxylation is 1. The fraction of sp³-hybridized carbons (Fsp3) is 0.350. The van der Waals surface area contributed by atoms with E-state index in [1.54, 1.807) is 0 Å². The molecule has 1 fully saturated rings. The van der Waals surface area contributed by atoms with E-state index in [0.29, 0.717) is 0 Å². The highest BCUT2D eigenvalue weighted by Gasteiger charge is 2.34. The van der Waals surface area contributed by atoms with Crippen LogP contribution in [0.25, 0.3) is 0 Å². The van der Waals surface area contributed by atoms with Gasteiger partial charge in [-0.15, -0.1) is 0 Å². The van der Waals surface area contributed by atoms with E-state index >= 15 is 0 Å². The molecule has 1 aliphatic heterocycles. The van der Waals surface area contributed by atoms with Gasteiger partial charge in [0.05, 0.1) is 6.04 Å². The zero-order chi connectivity index (χ0) is 16.2. The molecule has 0 amide bonds. The van der Waals surface area contributed by atoms with Gasteiger partial charge < -0.3 is 5.11 Å². The maximum Gasteiger partial charge on any atom is 0.320 e. The lowest BCUT2D eigenvalue weighted by Gasteiger charge is -2.39. The summed E-state index contributed by atoms with van der Waals surface area (Å²) in [5.41, 5.74) is 3.54. The van der Waals surface area contributed by atoms with E-state index in [0.717, 1.165) is 36.9 Å². The Balaban J connectivity index is 2.04. The predicted octanol–water partition coefficient (Wildman–Crippen LogP) is 4.02. The second-order valence-electron chi connectivity index (χ2n) is 6.31. The molecule has 23 heavy (non-hydrogen) atoms. The van der Waals surface area contributed by atoms with Crippen molar-refractivity contribution in [1.29, 1.82) is 0 Å². The highest BCUT2D eigenvalue weighted by molar-refractivity contribution is 5.73. The fourth-order valence-corrected chi connectivity index (χ4v) is 3.49. The van der Waals surface area contributed by atoms with Gasteiger partial charge >= 0.3 is 5.97 Å². The third kappa shape index (κ3) is 3.45. The lowest BCUT2D eigenvalue weighted by molar-refractivity contribution is -0.145. The molecule has 3 heteroatoms. The van der Waals surface area contributed by atoms with Crippen LogP contribution in [0.4, 0.5) is 0 Å². The van der Waals surface area contributed by atoms with Crippen LogP contribution in [0.1, 0.15) is 42.0 Å². The van der Waals surface area contributed by atoms with Crippen molar-refractivity contribution in [2.24, 2.45) is 0 Å². The van der Waals surface area contributed by atoms with Gasteiger partial charge in [-0.2, -0.15) is 0 Å². The van der Waals surface area contributed by atoms with Crippen LogP contribution in [0.2, 0.25) is 0 Å². The Morgan fingerprint density at radius 2 is 1.70 bits per heavy atom. The van der Waals surface area contributed by atoms with Crippen molar-refractivity contribution < 1.29 is 9.90 Å². The first-order valence-corrected chi connectivity index (χ1v) is 8.27. The van der Waals surface area contributed by atoms with E-state index in [2.05, 4.69) is 48.2 Å². The molecule has 120 valence electrons. The molecule has 2 aromatic rings. The standard InChI is InChI=1S/C20H23NO2/c1-15-10-12-17(13-11-15)19(16-7-3-2-4-8-16)21-14-6-5-9-18(21)20(22)23/h2-4,7-8,10-13,18-19H,5-6,9,14H2,1H3,(H,22,23). The quantitative estimate of drug-likeness (QED) is 0.927. The Morgan fingerprint density at radius 1 is 1.04 bits per heavy atom. The van der Waals surface area contributed by atoms with Gasteiger partial charge in [-0.05, 0) is 37.4 Å².